The molecule has 7 nitrogen and oxygen atoms in total. The van der Waals surface area contributed by atoms with E-state index in [9.17, 15) is 39.6 Å². The van der Waals surface area contributed by atoms with Crippen molar-refractivity contribution in [3.05, 3.63) is 59.2 Å². The predicted octanol–water partition coefficient (Wildman–Crippen LogP) is 4.98. The van der Waals surface area contributed by atoms with Gasteiger partial charge in [0, 0.05) is 24.6 Å². The van der Waals surface area contributed by atoms with Gasteiger partial charge in [-0.25, -0.2) is 8.42 Å². The summed E-state index contributed by atoms with van der Waals surface area (Å²) in [5, 5.41) is 5.99. The van der Waals surface area contributed by atoms with E-state index in [-0.39, 0.29) is 19.1 Å². The quantitative estimate of drug-likeness (QED) is 0.357. The summed E-state index contributed by atoms with van der Waals surface area (Å²) in [6.07, 6.45) is -6.51. The number of benzene rings is 2. The van der Waals surface area contributed by atoms with E-state index in [2.05, 4.69) is 10.6 Å². The summed E-state index contributed by atoms with van der Waals surface area (Å²) in [6.45, 7) is 0.833. The van der Waals surface area contributed by atoms with Crippen molar-refractivity contribution in [3.63, 3.8) is 0 Å². The highest BCUT2D eigenvalue weighted by Gasteiger charge is 2.44. The number of halogens is 6. The number of hydrogen-bond acceptors (Lipinski definition) is 5. The van der Waals surface area contributed by atoms with Crippen LogP contribution in [0.2, 0.25) is 0 Å². The molecule has 0 radical (unpaired) electrons. The van der Waals surface area contributed by atoms with Gasteiger partial charge >= 0.3 is 12.4 Å². The molecule has 0 saturated heterocycles. The fraction of sp³-hybridized carbons (Fsp3) is 0.500. The van der Waals surface area contributed by atoms with Gasteiger partial charge in [-0.1, -0.05) is 31.0 Å². The number of rotatable bonds is 9. The minimum absolute atomic E-state index is 0.211. The Bertz CT molecular complexity index is 1310. The molecule has 2 atom stereocenters. The Morgan fingerprint density at radius 2 is 1.73 bits per heavy atom. The molecule has 1 fully saturated rings. The van der Waals surface area contributed by atoms with Crippen LogP contribution in [0.25, 0.3) is 0 Å². The van der Waals surface area contributed by atoms with Crippen LogP contribution in [0.4, 0.5) is 26.3 Å². The third-order valence-electron chi connectivity index (χ3n) is 6.96. The number of ether oxygens (including phenoxy) is 1. The minimum Gasteiger partial charge on any atom is -0.493 e. The molecular formula is C26H29F6N3O4S. The second-order valence-corrected chi connectivity index (χ2v) is 11.7. The van der Waals surface area contributed by atoms with Crippen molar-refractivity contribution in [2.45, 2.75) is 80.4 Å². The van der Waals surface area contributed by atoms with Crippen LogP contribution in [0.3, 0.4) is 0 Å². The Balaban J connectivity index is 1.43. The average Bonchev–Trinajstić information content (AvgIpc) is 3.40. The standard InChI is InChI=1S/C26H29F6N3O4S/c27-25(28,29)17-4-3-7-19(13-17)40(37,38)35-23(26(30,31)32)14-24(36)34-21-10-11-39-22-12-16(8-9-20(21)22)15-33-18-5-1-2-6-18/h3-4,7-9,12-13,18,21,23,33,35H,1-2,5-6,10-11,14-15H2,(H,34,36)/t21-,23-/m1/s1. The number of fused-ring (bicyclic) bond motifs is 1. The molecule has 1 amide bonds. The number of amides is 1. The summed E-state index contributed by atoms with van der Waals surface area (Å²) in [5.41, 5.74) is 0.198. The summed E-state index contributed by atoms with van der Waals surface area (Å²) >= 11 is 0. The first-order chi connectivity index (χ1) is 18.7. The van der Waals surface area contributed by atoms with Gasteiger partial charge in [0.2, 0.25) is 15.9 Å². The van der Waals surface area contributed by atoms with E-state index >= 15 is 0 Å². The van der Waals surface area contributed by atoms with Gasteiger partial charge in [-0.05, 0) is 42.7 Å². The van der Waals surface area contributed by atoms with Gasteiger partial charge in [-0.2, -0.15) is 31.1 Å². The van der Waals surface area contributed by atoms with Crippen molar-refractivity contribution >= 4 is 15.9 Å². The minimum atomic E-state index is -5.19. The van der Waals surface area contributed by atoms with E-state index in [0.29, 0.717) is 30.0 Å². The maximum Gasteiger partial charge on any atom is 0.416 e. The van der Waals surface area contributed by atoms with Crippen LogP contribution in [0.1, 0.15) is 61.3 Å². The predicted molar refractivity (Wildman–Crippen MR) is 133 cm³/mol. The number of nitrogens with one attached hydrogen (secondary N) is 3. The highest BCUT2D eigenvalue weighted by atomic mass is 32.2. The largest absolute Gasteiger partial charge is 0.493 e. The zero-order chi connectivity index (χ0) is 29.1. The molecule has 1 aliphatic heterocycles. The number of carbonyl (C=O) groups is 1. The first-order valence-electron chi connectivity index (χ1n) is 12.8. The molecule has 2 aliphatic rings. The second kappa shape index (κ2) is 12.0. The van der Waals surface area contributed by atoms with Crippen LogP contribution in [0.5, 0.6) is 5.75 Å². The van der Waals surface area contributed by atoms with Crippen molar-refractivity contribution < 1.29 is 44.3 Å². The lowest BCUT2D eigenvalue weighted by molar-refractivity contribution is -0.158. The van der Waals surface area contributed by atoms with Crippen molar-refractivity contribution in [1.82, 2.24) is 15.4 Å². The maximum absolute atomic E-state index is 13.7. The number of hydrogen-bond donors (Lipinski definition) is 3. The molecule has 14 heteroatoms. The third-order valence-corrected chi connectivity index (χ3v) is 8.43. The molecule has 1 aliphatic carbocycles. The van der Waals surface area contributed by atoms with Crippen LogP contribution in [-0.2, 0) is 27.5 Å². The van der Waals surface area contributed by atoms with Gasteiger partial charge in [0.25, 0.3) is 0 Å². The molecule has 1 heterocycles. The molecule has 3 N–H and O–H groups in total. The van der Waals surface area contributed by atoms with Crippen molar-refractivity contribution in [2.24, 2.45) is 0 Å². The molecule has 220 valence electrons. The smallest absolute Gasteiger partial charge is 0.416 e. The Morgan fingerprint density at radius 3 is 2.40 bits per heavy atom. The van der Waals surface area contributed by atoms with Crippen LogP contribution in [0.15, 0.2) is 47.4 Å². The summed E-state index contributed by atoms with van der Waals surface area (Å²) in [5.74, 6) is -0.584. The van der Waals surface area contributed by atoms with E-state index in [1.54, 1.807) is 6.07 Å². The molecule has 0 bridgehead atoms. The van der Waals surface area contributed by atoms with Crippen LogP contribution >= 0.6 is 0 Å². The van der Waals surface area contributed by atoms with E-state index in [0.717, 1.165) is 30.5 Å². The Labute approximate surface area is 227 Å². The number of carbonyl (C=O) groups excluding carboxylic acids is 1. The molecule has 1 saturated carbocycles. The van der Waals surface area contributed by atoms with Gasteiger partial charge in [0.15, 0.2) is 0 Å². The van der Waals surface area contributed by atoms with Crippen molar-refractivity contribution in [1.29, 1.82) is 0 Å². The Morgan fingerprint density at radius 1 is 1.00 bits per heavy atom. The topological polar surface area (TPSA) is 96.5 Å². The molecule has 4 rings (SSSR count). The number of alkyl halides is 6. The molecule has 0 spiro atoms. The van der Waals surface area contributed by atoms with Crippen LogP contribution in [0, 0.1) is 0 Å². The molecule has 2 aromatic carbocycles. The average molecular weight is 594 g/mol. The highest BCUT2D eigenvalue weighted by molar-refractivity contribution is 7.89. The summed E-state index contributed by atoms with van der Waals surface area (Å²) in [7, 11) is -5.05. The van der Waals surface area contributed by atoms with Crippen molar-refractivity contribution in [2.75, 3.05) is 6.61 Å². The zero-order valence-corrected chi connectivity index (χ0v) is 22.1. The number of sulfonamides is 1. The first-order valence-corrected chi connectivity index (χ1v) is 14.3. The second-order valence-electron chi connectivity index (χ2n) is 9.94. The van der Waals surface area contributed by atoms with Crippen LogP contribution < -0.4 is 20.1 Å². The Hall–Kier alpha value is -2.84. The SMILES string of the molecule is O=C(C[C@@H](NS(=O)(=O)c1cccc(C(F)(F)F)c1)C(F)(F)F)N[C@@H]1CCOc2cc(CNC3CCCC3)ccc21. The lowest BCUT2D eigenvalue weighted by Gasteiger charge is -2.28. The molecule has 0 aromatic heterocycles. The van der Waals surface area contributed by atoms with Gasteiger partial charge in [-0.3, -0.25) is 4.79 Å². The Kier molecular flexibility index (Phi) is 9.00. The monoisotopic (exact) mass is 593 g/mol. The summed E-state index contributed by atoms with van der Waals surface area (Å²) in [4.78, 5) is 11.7. The van der Waals surface area contributed by atoms with Crippen molar-refractivity contribution in [3.8, 4) is 5.75 Å². The van der Waals surface area contributed by atoms with Gasteiger partial charge < -0.3 is 15.4 Å². The fourth-order valence-corrected chi connectivity index (χ4v) is 6.11. The summed E-state index contributed by atoms with van der Waals surface area (Å²) < 4.78 is 112. The van der Waals surface area contributed by atoms with E-state index in [4.69, 9.17) is 4.74 Å². The first kappa shape index (κ1) is 30.1. The lowest BCUT2D eigenvalue weighted by atomic mass is 9.98. The van der Waals surface area contributed by atoms with E-state index in [1.165, 1.54) is 17.6 Å². The van der Waals surface area contributed by atoms with Gasteiger partial charge in [0.1, 0.15) is 11.8 Å². The maximum atomic E-state index is 13.7. The summed E-state index contributed by atoms with van der Waals surface area (Å²) in [6, 6.07) is 4.65. The highest BCUT2D eigenvalue weighted by Crippen LogP contribution is 2.34. The lowest BCUT2D eigenvalue weighted by Crippen LogP contribution is -2.48. The fourth-order valence-electron chi connectivity index (χ4n) is 4.84. The van der Waals surface area contributed by atoms with E-state index in [1.807, 2.05) is 12.1 Å². The zero-order valence-electron chi connectivity index (χ0n) is 21.2. The normalized spacial score (nSPS) is 19.1. The molecular weight excluding hydrogens is 564 g/mol. The molecule has 40 heavy (non-hydrogen) atoms. The third kappa shape index (κ3) is 7.67. The molecule has 0 unspecified atom stereocenters. The van der Waals surface area contributed by atoms with E-state index < -0.39 is 57.2 Å². The van der Waals surface area contributed by atoms with Gasteiger partial charge in [0.05, 0.1) is 29.5 Å². The van der Waals surface area contributed by atoms with Crippen LogP contribution in [-0.4, -0.2) is 39.2 Å². The molecule has 2 aromatic rings. The van der Waals surface area contributed by atoms with Gasteiger partial charge in [-0.15, -0.1) is 0 Å².